The average Bonchev–Trinajstić information content (AvgIpc) is 2.99. The maximum absolute atomic E-state index is 10.9. The van der Waals surface area contributed by atoms with Crippen LogP contribution in [0.25, 0.3) is 11.0 Å². The lowest BCUT2D eigenvalue weighted by molar-refractivity contribution is 0.0697. The summed E-state index contributed by atoms with van der Waals surface area (Å²) in [4.78, 5) is 10.9. The van der Waals surface area contributed by atoms with Gasteiger partial charge in [-0.2, -0.15) is 0 Å². The minimum atomic E-state index is -0.948. The summed E-state index contributed by atoms with van der Waals surface area (Å²) < 4.78 is 7.15. The largest absolute Gasteiger partial charge is 0.478 e. The van der Waals surface area contributed by atoms with Gasteiger partial charge in [0.25, 0.3) is 0 Å². The maximum atomic E-state index is 10.9. The molecule has 6 heteroatoms. The lowest BCUT2D eigenvalue weighted by atomic mass is 10.1. The fraction of sp³-hybridized carbons (Fsp3) is 0.417. The Morgan fingerprint density at radius 1 is 1.56 bits per heavy atom. The van der Waals surface area contributed by atoms with E-state index in [1.807, 2.05) is 4.68 Å². The summed E-state index contributed by atoms with van der Waals surface area (Å²) in [5, 5.41) is 17.0. The van der Waals surface area contributed by atoms with Crippen molar-refractivity contribution in [2.45, 2.75) is 13.0 Å². The number of carbonyl (C=O) groups is 1. The van der Waals surface area contributed by atoms with E-state index in [4.69, 9.17) is 9.84 Å². The molecule has 1 aromatic carbocycles. The van der Waals surface area contributed by atoms with E-state index in [2.05, 4.69) is 10.3 Å². The van der Waals surface area contributed by atoms with Crippen LogP contribution in [0.15, 0.2) is 18.2 Å². The Kier molecular flexibility index (Phi) is 2.71. The Hall–Kier alpha value is -1.95. The van der Waals surface area contributed by atoms with Crippen LogP contribution in [0.2, 0.25) is 0 Å². The number of aromatic carboxylic acids is 1. The summed E-state index contributed by atoms with van der Waals surface area (Å²) in [6, 6.07) is 4.89. The molecule has 0 radical (unpaired) electrons. The van der Waals surface area contributed by atoms with Gasteiger partial charge < -0.3 is 9.84 Å². The SMILES string of the molecule is O=C(O)c1ccc2c(c1)nnn2CC1CCOC1. The molecule has 0 amide bonds. The molecule has 0 spiro atoms. The smallest absolute Gasteiger partial charge is 0.335 e. The van der Waals surface area contributed by atoms with E-state index in [1.54, 1.807) is 18.2 Å². The van der Waals surface area contributed by atoms with E-state index < -0.39 is 5.97 Å². The number of ether oxygens (including phenoxy) is 1. The zero-order chi connectivity index (χ0) is 12.5. The van der Waals surface area contributed by atoms with Gasteiger partial charge in [-0.1, -0.05) is 5.21 Å². The molecule has 1 atom stereocenters. The van der Waals surface area contributed by atoms with Crippen LogP contribution >= 0.6 is 0 Å². The summed E-state index contributed by atoms with van der Waals surface area (Å²) in [5.41, 5.74) is 1.72. The molecule has 1 aromatic heterocycles. The summed E-state index contributed by atoms with van der Waals surface area (Å²) in [6.45, 7) is 2.33. The van der Waals surface area contributed by atoms with Gasteiger partial charge in [0.1, 0.15) is 5.52 Å². The molecule has 1 saturated heterocycles. The molecule has 2 aromatic rings. The number of nitrogens with zero attached hydrogens (tertiary/aromatic N) is 3. The van der Waals surface area contributed by atoms with Crippen LogP contribution in [-0.2, 0) is 11.3 Å². The van der Waals surface area contributed by atoms with E-state index in [1.165, 1.54) is 0 Å². The van der Waals surface area contributed by atoms with Gasteiger partial charge in [0, 0.05) is 19.1 Å². The van der Waals surface area contributed by atoms with Gasteiger partial charge in [-0.3, -0.25) is 0 Å². The average molecular weight is 247 g/mol. The number of rotatable bonds is 3. The number of fused-ring (bicyclic) bond motifs is 1. The van der Waals surface area contributed by atoms with Gasteiger partial charge in [-0.25, -0.2) is 9.48 Å². The molecule has 3 rings (SSSR count). The predicted octanol–water partition coefficient (Wildman–Crippen LogP) is 1.17. The van der Waals surface area contributed by atoms with Gasteiger partial charge >= 0.3 is 5.97 Å². The predicted molar refractivity (Wildman–Crippen MR) is 63.4 cm³/mol. The molecule has 18 heavy (non-hydrogen) atoms. The van der Waals surface area contributed by atoms with Crippen LogP contribution in [0.4, 0.5) is 0 Å². The number of hydrogen-bond donors (Lipinski definition) is 1. The zero-order valence-corrected chi connectivity index (χ0v) is 9.74. The summed E-state index contributed by atoms with van der Waals surface area (Å²) in [7, 11) is 0. The van der Waals surface area contributed by atoms with E-state index in [0.717, 1.165) is 31.7 Å². The van der Waals surface area contributed by atoms with E-state index in [0.29, 0.717) is 11.4 Å². The third-order valence-corrected chi connectivity index (χ3v) is 3.22. The van der Waals surface area contributed by atoms with Gasteiger partial charge in [-0.05, 0) is 24.6 Å². The van der Waals surface area contributed by atoms with Crippen molar-refractivity contribution in [3.8, 4) is 0 Å². The molecule has 0 saturated carbocycles. The quantitative estimate of drug-likeness (QED) is 0.880. The molecular weight excluding hydrogens is 234 g/mol. The first-order chi connectivity index (χ1) is 8.74. The first kappa shape index (κ1) is 11.2. The van der Waals surface area contributed by atoms with Gasteiger partial charge in [0.05, 0.1) is 17.7 Å². The second-order valence-electron chi connectivity index (χ2n) is 4.51. The van der Waals surface area contributed by atoms with Crippen LogP contribution in [0, 0.1) is 5.92 Å². The van der Waals surface area contributed by atoms with Crippen molar-refractivity contribution in [3.05, 3.63) is 23.8 Å². The Balaban J connectivity index is 1.91. The van der Waals surface area contributed by atoms with Gasteiger partial charge in [0.2, 0.25) is 0 Å². The Morgan fingerprint density at radius 3 is 3.17 bits per heavy atom. The van der Waals surface area contributed by atoms with Crippen LogP contribution < -0.4 is 0 Å². The Bertz CT molecular complexity index is 587. The van der Waals surface area contributed by atoms with Crippen molar-refractivity contribution < 1.29 is 14.6 Å². The van der Waals surface area contributed by atoms with Gasteiger partial charge in [0.15, 0.2) is 0 Å². The van der Waals surface area contributed by atoms with Crippen LogP contribution in [0.5, 0.6) is 0 Å². The summed E-state index contributed by atoms with van der Waals surface area (Å²) in [5.74, 6) is -0.482. The topological polar surface area (TPSA) is 77.2 Å². The standard InChI is InChI=1S/C12H13N3O3/c16-12(17)9-1-2-11-10(5-9)13-14-15(11)6-8-3-4-18-7-8/h1-2,5,8H,3-4,6-7H2,(H,16,17). The van der Waals surface area contributed by atoms with Crippen LogP contribution in [0.3, 0.4) is 0 Å². The molecule has 1 aliphatic heterocycles. The van der Waals surface area contributed by atoms with Crippen molar-refractivity contribution in [1.29, 1.82) is 0 Å². The van der Waals surface area contributed by atoms with Crippen molar-refractivity contribution in [3.63, 3.8) is 0 Å². The molecule has 0 bridgehead atoms. The highest BCUT2D eigenvalue weighted by Crippen LogP contribution is 2.18. The highest BCUT2D eigenvalue weighted by atomic mass is 16.5. The number of carboxylic acid groups (broad SMARTS) is 1. The lowest BCUT2D eigenvalue weighted by Gasteiger charge is -2.07. The van der Waals surface area contributed by atoms with Crippen molar-refractivity contribution in [2.24, 2.45) is 5.92 Å². The first-order valence-corrected chi connectivity index (χ1v) is 5.88. The maximum Gasteiger partial charge on any atom is 0.335 e. The minimum absolute atomic E-state index is 0.235. The molecule has 1 N–H and O–H groups in total. The van der Waals surface area contributed by atoms with Crippen LogP contribution in [0.1, 0.15) is 16.8 Å². The monoisotopic (exact) mass is 247 g/mol. The van der Waals surface area contributed by atoms with Crippen LogP contribution in [-0.4, -0.2) is 39.3 Å². The summed E-state index contributed by atoms with van der Waals surface area (Å²) >= 11 is 0. The molecule has 1 unspecified atom stereocenters. The normalized spacial score (nSPS) is 19.4. The first-order valence-electron chi connectivity index (χ1n) is 5.88. The van der Waals surface area contributed by atoms with Crippen molar-refractivity contribution in [2.75, 3.05) is 13.2 Å². The molecule has 0 aliphatic carbocycles. The van der Waals surface area contributed by atoms with Gasteiger partial charge in [-0.15, -0.1) is 5.10 Å². The highest BCUT2D eigenvalue weighted by Gasteiger charge is 2.18. The lowest BCUT2D eigenvalue weighted by Crippen LogP contribution is -2.11. The number of hydrogen-bond acceptors (Lipinski definition) is 4. The molecule has 2 heterocycles. The van der Waals surface area contributed by atoms with Crippen molar-refractivity contribution in [1.82, 2.24) is 15.0 Å². The third kappa shape index (κ3) is 1.95. The molecule has 6 nitrogen and oxygen atoms in total. The second-order valence-corrected chi connectivity index (χ2v) is 4.51. The van der Waals surface area contributed by atoms with E-state index in [9.17, 15) is 4.79 Å². The third-order valence-electron chi connectivity index (χ3n) is 3.22. The minimum Gasteiger partial charge on any atom is -0.478 e. The number of benzene rings is 1. The Labute approximate surface area is 103 Å². The fourth-order valence-corrected chi connectivity index (χ4v) is 2.21. The molecular formula is C12H13N3O3. The number of aromatic nitrogens is 3. The molecule has 1 fully saturated rings. The zero-order valence-electron chi connectivity index (χ0n) is 9.74. The molecule has 1 aliphatic rings. The highest BCUT2D eigenvalue weighted by molar-refractivity contribution is 5.92. The van der Waals surface area contributed by atoms with E-state index >= 15 is 0 Å². The second kappa shape index (κ2) is 4.38. The van der Waals surface area contributed by atoms with Crippen molar-refractivity contribution >= 4 is 17.0 Å². The number of carboxylic acids is 1. The Morgan fingerprint density at radius 2 is 2.44 bits per heavy atom. The van der Waals surface area contributed by atoms with E-state index in [-0.39, 0.29) is 5.56 Å². The molecule has 94 valence electrons. The fourth-order valence-electron chi connectivity index (χ4n) is 2.21. The summed E-state index contributed by atoms with van der Waals surface area (Å²) in [6.07, 6.45) is 1.04.